The standard InChI is InChI=1S/C29H42ClO4P.Li.H/c1-19(2)11-14-32-23-17-25(33-15-12-20(3)4)28(26(18-23)34-16-13-21(5)6)35-29(31)27-22(7)9-8-10-24(27)30;;/h8-10,17-21,35H,11-16H2,1-7H3;;/q;+1;-1. The third-order valence-electron chi connectivity index (χ3n) is 5.60. The number of carbonyl (C=O) groups is 1. The van der Waals surface area contributed by atoms with Crippen molar-refractivity contribution in [3.05, 3.63) is 46.5 Å². The zero-order valence-electron chi connectivity index (χ0n) is 24.4. The monoisotopic (exact) mass is 528 g/mol. The Morgan fingerprint density at radius 2 is 1.33 bits per heavy atom. The number of aryl methyl sites for hydroxylation is 1. The molecule has 0 saturated heterocycles. The number of halogens is 1. The van der Waals surface area contributed by atoms with E-state index in [2.05, 4.69) is 41.5 Å². The normalized spacial score (nSPS) is 11.4. The van der Waals surface area contributed by atoms with Crippen molar-refractivity contribution < 1.29 is 39.3 Å². The molecule has 2 aromatic rings. The Hall–Kier alpha value is -1.17. The first kappa shape index (κ1) is 32.9. The Kier molecular flexibility index (Phi) is 15.2. The molecule has 1 unspecified atom stereocenters. The quantitative estimate of drug-likeness (QED) is 0.236. The van der Waals surface area contributed by atoms with Gasteiger partial charge in [0.05, 0.1) is 30.1 Å². The van der Waals surface area contributed by atoms with Crippen molar-refractivity contribution in [3.63, 3.8) is 0 Å². The molecule has 0 bridgehead atoms. The van der Waals surface area contributed by atoms with Crippen LogP contribution in [0.1, 0.15) is 78.2 Å². The van der Waals surface area contributed by atoms with Gasteiger partial charge in [-0.05, 0) is 64.2 Å². The van der Waals surface area contributed by atoms with Gasteiger partial charge in [0, 0.05) is 17.7 Å². The van der Waals surface area contributed by atoms with Gasteiger partial charge < -0.3 is 15.6 Å². The zero-order valence-corrected chi connectivity index (χ0v) is 25.1. The molecule has 2 aromatic carbocycles. The van der Waals surface area contributed by atoms with E-state index in [0.717, 1.165) is 30.1 Å². The number of hydrogen-bond acceptors (Lipinski definition) is 4. The van der Waals surface area contributed by atoms with Crippen LogP contribution in [0.2, 0.25) is 5.02 Å². The van der Waals surface area contributed by atoms with Crippen molar-refractivity contribution in [2.75, 3.05) is 19.8 Å². The third kappa shape index (κ3) is 11.1. The predicted octanol–water partition coefficient (Wildman–Crippen LogP) is 5.18. The molecule has 0 amide bonds. The fraction of sp³-hybridized carbons (Fsp3) is 0.552. The number of hydrogen-bond donors (Lipinski definition) is 0. The summed E-state index contributed by atoms with van der Waals surface area (Å²) in [6.07, 6.45) is 2.80. The van der Waals surface area contributed by atoms with Crippen molar-refractivity contribution in [1.29, 1.82) is 0 Å². The van der Waals surface area contributed by atoms with Crippen LogP contribution in [0.5, 0.6) is 17.2 Å². The van der Waals surface area contributed by atoms with Crippen molar-refractivity contribution in [1.82, 2.24) is 0 Å². The minimum absolute atomic E-state index is 0. The number of rotatable bonds is 15. The maximum atomic E-state index is 13.4. The molecule has 7 heteroatoms. The van der Waals surface area contributed by atoms with Crippen molar-refractivity contribution in [2.45, 2.75) is 67.7 Å². The molecule has 0 fully saturated rings. The summed E-state index contributed by atoms with van der Waals surface area (Å²) in [7, 11) is -0.177. The largest absolute Gasteiger partial charge is 1.00 e. The predicted molar refractivity (Wildman–Crippen MR) is 151 cm³/mol. The van der Waals surface area contributed by atoms with E-state index < -0.39 is 0 Å². The molecule has 0 spiro atoms. The number of ether oxygens (including phenoxy) is 3. The van der Waals surface area contributed by atoms with Crippen LogP contribution < -0.4 is 38.4 Å². The summed E-state index contributed by atoms with van der Waals surface area (Å²) in [6.45, 7) is 16.7. The Balaban J connectivity index is 0.00000648. The first-order chi connectivity index (χ1) is 16.6. The van der Waals surface area contributed by atoms with Crippen molar-refractivity contribution in [2.24, 2.45) is 17.8 Å². The molecule has 4 nitrogen and oxygen atoms in total. The molecule has 0 radical (unpaired) electrons. The molecule has 1 atom stereocenters. The summed E-state index contributed by atoms with van der Waals surface area (Å²) in [6, 6.07) is 9.35. The van der Waals surface area contributed by atoms with E-state index in [1.807, 2.05) is 31.2 Å². The zero-order chi connectivity index (χ0) is 26.0. The van der Waals surface area contributed by atoms with Gasteiger partial charge in [0.15, 0.2) is 5.52 Å². The second kappa shape index (κ2) is 16.6. The van der Waals surface area contributed by atoms with E-state index in [1.165, 1.54) is 0 Å². The molecule has 0 aromatic heterocycles. The van der Waals surface area contributed by atoms with Gasteiger partial charge in [0.25, 0.3) is 0 Å². The first-order valence-corrected chi connectivity index (χ1v) is 14.1. The molecule has 36 heavy (non-hydrogen) atoms. The maximum absolute atomic E-state index is 13.4. The van der Waals surface area contributed by atoms with Gasteiger partial charge in [-0.3, -0.25) is 4.79 Å². The van der Waals surface area contributed by atoms with Gasteiger partial charge in [0.1, 0.15) is 17.2 Å². The molecule has 0 N–H and O–H groups in total. The fourth-order valence-electron chi connectivity index (χ4n) is 3.32. The fourth-order valence-corrected chi connectivity index (χ4v) is 4.92. The molecular formula is C29H43ClLiO4P. The van der Waals surface area contributed by atoms with Crippen LogP contribution in [-0.4, -0.2) is 25.3 Å². The van der Waals surface area contributed by atoms with E-state index in [-0.39, 0.29) is 34.4 Å². The van der Waals surface area contributed by atoms with Gasteiger partial charge in [-0.25, -0.2) is 0 Å². The van der Waals surface area contributed by atoms with E-state index >= 15 is 0 Å². The van der Waals surface area contributed by atoms with Gasteiger partial charge in [-0.2, -0.15) is 0 Å². The average molecular weight is 529 g/mol. The summed E-state index contributed by atoms with van der Waals surface area (Å²) in [5.41, 5.74) is 1.41. The Morgan fingerprint density at radius 1 is 0.861 bits per heavy atom. The summed E-state index contributed by atoms with van der Waals surface area (Å²) in [4.78, 5) is 13.4. The van der Waals surface area contributed by atoms with E-state index in [1.54, 1.807) is 6.07 Å². The number of benzene rings is 2. The molecule has 0 aliphatic heterocycles. The summed E-state index contributed by atoms with van der Waals surface area (Å²) in [5.74, 6) is 3.60. The summed E-state index contributed by atoms with van der Waals surface area (Å²) < 4.78 is 18.6. The maximum Gasteiger partial charge on any atom is 1.00 e. The van der Waals surface area contributed by atoms with Crippen molar-refractivity contribution in [3.8, 4) is 17.2 Å². The van der Waals surface area contributed by atoms with Crippen LogP contribution in [0.25, 0.3) is 0 Å². The van der Waals surface area contributed by atoms with Crippen LogP contribution in [0, 0.1) is 24.7 Å². The molecule has 0 aliphatic rings. The Morgan fingerprint density at radius 3 is 1.78 bits per heavy atom. The van der Waals surface area contributed by atoms with Crippen molar-refractivity contribution >= 4 is 31.0 Å². The van der Waals surface area contributed by atoms with Crippen LogP contribution >= 0.6 is 20.2 Å². The molecular weight excluding hydrogens is 486 g/mol. The third-order valence-corrected chi connectivity index (χ3v) is 7.13. The van der Waals surface area contributed by atoms with Gasteiger partial charge in [-0.1, -0.05) is 65.3 Å². The SMILES string of the molecule is Cc1cccc(Cl)c1C(=O)Pc1c(OCCC(C)C)cc(OCCC(C)C)cc1OCCC(C)C.[H-].[Li+]. The molecule has 0 saturated carbocycles. The van der Waals surface area contributed by atoms with Gasteiger partial charge in [-0.15, -0.1) is 0 Å². The van der Waals surface area contributed by atoms with Gasteiger partial charge >= 0.3 is 18.9 Å². The molecule has 0 heterocycles. The average Bonchev–Trinajstić information content (AvgIpc) is 2.75. The minimum atomic E-state index is -0.177. The summed E-state index contributed by atoms with van der Waals surface area (Å²) >= 11 is 6.42. The van der Waals surface area contributed by atoms with E-state index in [4.69, 9.17) is 25.8 Å². The Labute approximate surface area is 238 Å². The number of carbonyl (C=O) groups excluding carboxylic acids is 1. The van der Waals surface area contributed by atoms with Crippen LogP contribution in [-0.2, 0) is 0 Å². The topological polar surface area (TPSA) is 44.8 Å². The smallest absolute Gasteiger partial charge is 1.00 e. The molecule has 0 aliphatic carbocycles. The molecule has 196 valence electrons. The second-order valence-electron chi connectivity index (χ2n) is 10.3. The van der Waals surface area contributed by atoms with E-state index in [9.17, 15) is 4.79 Å². The van der Waals surface area contributed by atoms with Crippen LogP contribution in [0.15, 0.2) is 30.3 Å². The van der Waals surface area contributed by atoms with E-state index in [0.29, 0.717) is 65.4 Å². The Bertz CT molecular complexity index is 914. The summed E-state index contributed by atoms with van der Waals surface area (Å²) in [5, 5.41) is 1.25. The molecule has 2 rings (SSSR count). The first-order valence-electron chi connectivity index (χ1n) is 12.7. The van der Waals surface area contributed by atoms with Crippen LogP contribution in [0.4, 0.5) is 0 Å². The van der Waals surface area contributed by atoms with Gasteiger partial charge in [0.2, 0.25) is 0 Å². The minimum Gasteiger partial charge on any atom is -1.00 e. The van der Waals surface area contributed by atoms with Crippen LogP contribution in [0.3, 0.4) is 0 Å². The second-order valence-corrected chi connectivity index (χ2v) is 11.9.